The fraction of sp³-hybridized carbons (Fsp3) is 0.879. The van der Waals surface area contributed by atoms with E-state index < -0.39 is 23.8 Å². The van der Waals surface area contributed by atoms with E-state index in [9.17, 15) is 19.2 Å². The minimum atomic E-state index is -1.67. The number of carbonyl (C=O) groups is 4. The van der Waals surface area contributed by atoms with Crippen LogP contribution in [0.2, 0.25) is 0 Å². The first kappa shape index (κ1) is 38.9. The second-order valence-corrected chi connectivity index (χ2v) is 11.6. The van der Waals surface area contributed by atoms with E-state index in [0.717, 1.165) is 44.9 Å². The zero-order chi connectivity index (χ0) is 31.4. The Bertz CT molecular complexity index is 739. The van der Waals surface area contributed by atoms with Gasteiger partial charge in [0.25, 0.3) is 5.79 Å². The molecule has 0 saturated carbocycles. The van der Waals surface area contributed by atoms with Gasteiger partial charge in [-0.25, -0.2) is 0 Å². The molecule has 0 heterocycles. The topological polar surface area (TPSA) is 99.2 Å². The van der Waals surface area contributed by atoms with E-state index >= 15 is 0 Å². The zero-order valence-electron chi connectivity index (χ0n) is 27.7. The SMILES string of the molecule is CCCCC(CC)C(=O)OC(C)CN(CC(C)(OC(=O)C(CC)CCCC)OC(=O)C(CC)CCCC)C(=O)CC. The summed E-state index contributed by atoms with van der Waals surface area (Å²) in [5.41, 5.74) is 0. The van der Waals surface area contributed by atoms with Crippen molar-refractivity contribution >= 4 is 23.8 Å². The van der Waals surface area contributed by atoms with Crippen LogP contribution in [0.1, 0.15) is 146 Å². The Labute approximate surface area is 250 Å². The fourth-order valence-corrected chi connectivity index (χ4v) is 4.96. The fourth-order valence-electron chi connectivity index (χ4n) is 4.96. The summed E-state index contributed by atoms with van der Waals surface area (Å²) in [6, 6.07) is 0. The van der Waals surface area contributed by atoms with Crippen molar-refractivity contribution < 1.29 is 33.4 Å². The van der Waals surface area contributed by atoms with Crippen molar-refractivity contribution in [2.24, 2.45) is 17.8 Å². The van der Waals surface area contributed by atoms with Crippen LogP contribution in [0.25, 0.3) is 0 Å². The van der Waals surface area contributed by atoms with E-state index in [2.05, 4.69) is 20.8 Å². The van der Waals surface area contributed by atoms with Gasteiger partial charge in [0.15, 0.2) is 0 Å². The van der Waals surface area contributed by atoms with Gasteiger partial charge in [0, 0.05) is 13.3 Å². The second-order valence-electron chi connectivity index (χ2n) is 11.6. The Morgan fingerprint density at radius 1 is 0.659 bits per heavy atom. The molecule has 0 aliphatic rings. The second kappa shape index (κ2) is 21.6. The third-order valence-corrected chi connectivity index (χ3v) is 7.76. The Kier molecular flexibility index (Phi) is 20.4. The Morgan fingerprint density at radius 2 is 1.05 bits per heavy atom. The maximum Gasteiger partial charge on any atom is 0.312 e. The average Bonchev–Trinajstić information content (AvgIpc) is 2.93. The van der Waals surface area contributed by atoms with Gasteiger partial charge in [0.05, 0.1) is 30.8 Å². The molecule has 0 rings (SSSR count). The summed E-state index contributed by atoms with van der Waals surface area (Å²) >= 11 is 0. The van der Waals surface area contributed by atoms with Crippen LogP contribution >= 0.6 is 0 Å². The maximum atomic E-state index is 13.3. The molecule has 0 saturated heterocycles. The summed E-state index contributed by atoms with van der Waals surface area (Å²) in [7, 11) is 0. The van der Waals surface area contributed by atoms with E-state index in [-0.39, 0.29) is 49.1 Å². The van der Waals surface area contributed by atoms with Gasteiger partial charge >= 0.3 is 17.9 Å². The van der Waals surface area contributed by atoms with Crippen LogP contribution in [0, 0.1) is 17.8 Å². The van der Waals surface area contributed by atoms with Crippen LogP contribution in [0.3, 0.4) is 0 Å². The molecule has 0 aromatic carbocycles. The van der Waals surface area contributed by atoms with Crippen molar-refractivity contribution in [3.8, 4) is 0 Å². The summed E-state index contributed by atoms with van der Waals surface area (Å²) in [6.45, 7) is 17.1. The van der Waals surface area contributed by atoms with Gasteiger partial charge in [-0.05, 0) is 45.4 Å². The standard InChI is InChI=1S/C33H61NO7/c1-10-17-20-26(13-4)30(36)39-25(8)23-34(29(35)16-7)24-33(9,40-31(37)27(14-5)21-18-11-2)41-32(38)28(15-6)22-19-12-3/h25-28H,10-24H2,1-9H3. The number of amides is 1. The highest BCUT2D eigenvalue weighted by atomic mass is 16.7. The number of hydrogen-bond donors (Lipinski definition) is 0. The average molecular weight is 584 g/mol. The Hall–Kier alpha value is -2.12. The van der Waals surface area contributed by atoms with Crippen molar-refractivity contribution in [1.82, 2.24) is 4.90 Å². The lowest BCUT2D eigenvalue weighted by molar-refractivity contribution is -0.234. The van der Waals surface area contributed by atoms with Gasteiger partial charge in [-0.1, -0.05) is 87.0 Å². The number of carbonyl (C=O) groups excluding carboxylic acids is 4. The monoisotopic (exact) mass is 583 g/mol. The van der Waals surface area contributed by atoms with Crippen LogP contribution < -0.4 is 0 Å². The lowest BCUT2D eigenvalue weighted by Gasteiger charge is -2.37. The number of unbranched alkanes of at least 4 members (excludes halogenated alkanes) is 3. The third kappa shape index (κ3) is 15.1. The van der Waals surface area contributed by atoms with Gasteiger partial charge in [-0.3, -0.25) is 19.2 Å². The van der Waals surface area contributed by atoms with E-state index in [0.29, 0.717) is 32.1 Å². The molecule has 1 amide bonds. The normalized spacial score (nSPS) is 15.6. The number of rotatable bonds is 23. The van der Waals surface area contributed by atoms with Gasteiger partial charge in [-0.15, -0.1) is 0 Å². The molecule has 0 bridgehead atoms. The minimum absolute atomic E-state index is 0.105. The molecule has 4 atom stereocenters. The largest absolute Gasteiger partial charge is 0.461 e. The summed E-state index contributed by atoms with van der Waals surface area (Å²) in [5.74, 6) is -3.82. The number of esters is 3. The predicted octanol–water partition coefficient (Wildman–Crippen LogP) is 7.61. The molecule has 0 aliphatic carbocycles. The minimum Gasteiger partial charge on any atom is -0.461 e. The van der Waals surface area contributed by atoms with E-state index in [4.69, 9.17) is 14.2 Å². The molecule has 0 aliphatic heterocycles. The van der Waals surface area contributed by atoms with Crippen LogP contribution in [0.15, 0.2) is 0 Å². The number of hydrogen-bond acceptors (Lipinski definition) is 7. The molecule has 8 nitrogen and oxygen atoms in total. The van der Waals surface area contributed by atoms with Crippen LogP contribution in [0.5, 0.6) is 0 Å². The van der Waals surface area contributed by atoms with Gasteiger partial charge in [0.2, 0.25) is 5.91 Å². The lowest BCUT2D eigenvalue weighted by atomic mass is 9.99. The molecule has 8 heteroatoms. The van der Waals surface area contributed by atoms with Crippen molar-refractivity contribution in [3.63, 3.8) is 0 Å². The molecule has 0 aromatic heterocycles. The van der Waals surface area contributed by atoms with Crippen LogP contribution in [-0.2, 0) is 33.4 Å². The molecular weight excluding hydrogens is 522 g/mol. The van der Waals surface area contributed by atoms with Crippen molar-refractivity contribution in [1.29, 1.82) is 0 Å². The Balaban J connectivity index is 6.00. The summed E-state index contributed by atoms with van der Waals surface area (Å²) in [4.78, 5) is 54.0. The van der Waals surface area contributed by atoms with E-state index in [1.54, 1.807) is 20.8 Å². The maximum absolute atomic E-state index is 13.3. The first-order valence-electron chi connectivity index (χ1n) is 16.4. The zero-order valence-corrected chi connectivity index (χ0v) is 27.7. The molecule has 0 N–H and O–H groups in total. The highest BCUT2D eigenvalue weighted by molar-refractivity contribution is 5.77. The molecule has 0 aromatic rings. The molecule has 240 valence electrons. The summed E-state index contributed by atoms with van der Waals surface area (Å²) < 4.78 is 17.7. The van der Waals surface area contributed by atoms with Crippen molar-refractivity contribution in [2.45, 2.75) is 158 Å². The number of nitrogens with zero attached hydrogens (tertiary/aromatic N) is 1. The highest BCUT2D eigenvalue weighted by Gasteiger charge is 2.40. The summed E-state index contributed by atoms with van der Waals surface area (Å²) in [5, 5.41) is 0. The summed E-state index contributed by atoms with van der Waals surface area (Å²) in [6.07, 6.45) is 9.32. The smallest absolute Gasteiger partial charge is 0.312 e. The van der Waals surface area contributed by atoms with E-state index in [1.165, 1.54) is 4.90 Å². The number of ether oxygens (including phenoxy) is 3. The molecule has 0 radical (unpaired) electrons. The first-order valence-corrected chi connectivity index (χ1v) is 16.4. The third-order valence-electron chi connectivity index (χ3n) is 7.76. The molecule has 4 unspecified atom stereocenters. The molecular formula is C33H61NO7. The highest BCUT2D eigenvalue weighted by Crippen LogP contribution is 2.26. The van der Waals surface area contributed by atoms with Crippen LogP contribution in [0.4, 0.5) is 0 Å². The van der Waals surface area contributed by atoms with Crippen molar-refractivity contribution in [2.75, 3.05) is 13.1 Å². The van der Waals surface area contributed by atoms with E-state index in [1.807, 2.05) is 20.8 Å². The molecule has 0 spiro atoms. The molecule has 41 heavy (non-hydrogen) atoms. The lowest BCUT2D eigenvalue weighted by Crippen LogP contribution is -2.52. The van der Waals surface area contributed by atoms with Gasteiger partial charge < -0.3 is 19.1 Å². The van der Waals surface area contributed by atoms with Gasteiger partial charge in [0.1, 0.15) is 6.10 Å². The Morgan fingerprint density at radius 3 is 1.39 bits per heavy atom. The van der Waals surface area contributed by atoms with Crippen molar-refractivity contribution in [3.05, 3.63) is 0 Å². The van der Waals surface area contributed by atoms with Crippen LogP contribution in [-0.4, -0.2) is 53.7 Å². The van der Waals surface area contributed by atoms with Gasteiger partial charge in [-0.2, -0.15) is 0 Å². The molecule has 0 fully saturated rings. The predicted molar refractivity (Wildman–Crippen MR) is 163 cm³/mol. The quantitative estimate of drug-likeness (QED) is 0.0901. The first-order chi connectivity index (χ1) is 19.4.